The van der Waals surface area contributed by atoms with Crippen molar-refractivity contribution in [3.63, 3.8) is 0 Å². The number of nitrogens with one attached hydrogen (secondary N) is 1. The van der Waals surface area contributed by atoms with E-state index in [1.807, 2.05) is 13.8 Å². The molecule has 0 saturated heterocycles. The van der Waals surface area contributed by atoms with Crippen LogP contribution in [-0.2, 0) is 0 Å². The summed E-state index contributed by atoms with van der Waals surface area (Å²) in [6, 6.07) is 3.69. The first-order valence-electron chi connectivity index (χ1n) is 5.97. The number of nitrogens with two attached hydrogens (primary N) is 1. The van der Waals surface area contributed by atoms with Crippen LogP contribution in [0.3, 0.4) is 0 Å². The van der Waals surface area contributed by atoms with Gasteiger partial charge in [-0.15, -0.1) is 0 Å². The first kappa shape index (κ1) is 14.3. The largest absolute Gasteiger partial charge is 0.508 e. The lowest BCUT2D eigenvalue weighted by atomic mass is 10.0. The van der Waals surface area contributed by atoms with Crippen molar-refractivity contribution in [2.75, 3.05) is 6.54 Å². The third kappa shape index (κ3) is 3.92. The molecule has 0 spiro atoms. The van der Waals surface area contributed by atoms with Gasteiger partial charge in [0.2, 0.25) is 0 Å². The summed E-state index contributed by atoms with van der Waals surface area (Å²) in [6.45, 7) is 4.42. The molecule has 1 aromatic rings. The smallest absolute Gasteiger partial charge is 0.255 e. The van der Waals surface area contributed by atoms with E-state index in [1.165, 1.54) is 18.2 Å². The lowest BCUT2D eigenvalue weighted by molar-refractivity contribution is 0.0930. The highest BCUT2D eigenvalue weighted by atomic mass is 16.3. The Morgan fingerprint density at radius 2 is 2.06 bits per heavy atom. The maximum absolute atomic E-state index is 11.9. The highest BCUT2D eigenvalue weighted by Gasteiger charge is 2.16. The summed E-state index contributed by atoms with van der Waals surface area (Å²) >= 11 is 0. The predicted octanol–water partition coefficient (Wildman–Crippen LogP) is 1.20. The van der Waals surface area contributed by atoms with Gasteiger partial charge >= 0.3 is 0 Å². The average molecular weight is 252 g/mol. The number of benzene rings is 1. The minimum Gasteiger partial charge on any atom is -0.508 e. The summed E-state index contributed by atoms with van der Waals surface area (Å²) < 4.78 is 0. The van der Waals surface area contributed by atoms with Crippen molar-refractivity contribution in [3.8, 4) is 11.5 Å². The lowest BCUT2D eigenvalue weighted by Gasteiger charge is -2.19. The van der Waals surface area contributed by atoms with Crippen LogP contribution in [0.25, 0.3) is 0 Å². The minimum atomic E-state index is -0.431. The van der Waals surface area contributed by atoms with Crippen molar-refractivity contribution in [2.24, 2.45) is 11.7 Å². The summed E-state index contributed by atoms with van der Waals surface area (Å²) in [6.07, 6.45) is 0.766. The van der Waals surface area contributed by atoms with Crippen molar-refractivity contribution >= 4 is 5.91 Å². The third-order valence-electron chi connectivity index (χ3n) is 2.60. The fraction of sp³-hybridized carbons (Fsp3) is 0.462. The van der Waals surface area contributed by atoms with Crippen molar-refractivity contribution in [1.29, 1.82) is 0 Å². The molecule has 0 aromatic heterocycles. The zero-order valence-electron chi connectivity index (χ0n) is 10.7. The van der Waals surface area contributed by atoms with Crippen LogP contribution in [0.1, 0.15) is 30.6 Å². The van der Waals surface area contributed by atoms with Gasteiger partial charge in [0.25, 0.3) is 5.91 Å². The Kier molecular flexibility index (Phi) is 4.97. The molecule has 0 bridgehead atoms. The number of phenolic OH excluding ortho intramolecular Hbond substituents is 2. The van der Waals surface area contributed by atoms with Crippen LogP contribution >= 0.6 is 0 Å². The van der Waals surface area contributed by atoms with E-state index in [0.29, 0.717) is 12.5 Å². The maximum Gasteiger partial charge on any atom is 0.255 e. The molecule has 0 aliphatic rings. The summed E-state index contributed by atoms with van der Waals surface area (Å²) in [5.74, 6) is -0.243. The third-order valence-corrected chi connectivity index (χ3v) is 2.60. The summed E-state index contributed by atoms with van der Waals surface area (Å²) in [5, 5.41) is 21.6. The molecule has 1 aromatic carbocycles. The van der Waals surface area contributed by atoms with Crippen LogP contribution in [0.4, 0.5) is 0 Å². The molecule has 0 aliphatic carbocycles. The molecule has 1 atom stereocenters. The number of hydrogen-bond acceptors (Lipinski definition) is 4. The second-order valence-corrected chi connectivity index (χ2v) is 4.74. The lowest BCUT2D eigenvalue weighted by Crippen LogP contribution is -2.41. The molecule has 100 valence electrons. The van der Waals surface area contributed by atoms with E-state index in [9.17, 15) is 15.0 Å². The highest BCUT2D eigenvalue weighted by Crippen LogP contribution is 2.22. The molecule has 0 radical (unpaired) electrons. The number of phenols is 2. The number of amides is 1. The molecular formula is C13H20N2O3. The van der Waals surface area contributed by atoms with Gasteiger partial charge < -0.3 is 21.3 Å². The molecule has 1 amide bonds. The molecule has 5 nitrogen and oxygen atoms in total. The van der Waals surface area contributed by atoms with Crippen LogP contribution in [0.15, 0.2) is 18.2 Å². The topological polar surface area (TPSA) is 95.6 Å². The van der Waals surface area contributed by atoms with Gasteiger partial charge in [-0.05, 0) is 30.5 Å². The Morgan fingerprint density at radius 1 is 1.39 bits per heavy atom. The van der Waals surface area contributed by atoms with Crippen LogP contribution in [0.2, 0.25) is 0 Å². The van der Waals surface area contributed by atoms with Gasteiger partial charge in [-0.2, -0.15) is 0 Å². The predicted molar refractivity (Wildman–Crippen MR) is 69.5 cm³/mol. The van der Waals surface area contributed by atoms with Crippen molar-refractivity contribution < 1.29 is 15.0 Å². The van der Waals surface area contributed by atoms with Gasteiger partial charge in [0.05, 0.1) is 5.56 Å². The van der Waals surface area contributed by atoms with Gasteiger partial charge in [-0.25, -0.2) is 0 Å². The fourth-order valence-electron chi connectivity index (χ4n) is 1.75. The number of aromatic hydroxyl groups is 2. The molecule has 0 fully saturated rings. The van der Waals surface area contributed by atoms with E-state index in [1.54, 1.807) is 0 Å². The molecule has 1 unspecified atom stereocenters. The van der Waals surface area contributed by atoms with E-state index in [4.69, 9.17) is 5.73 Å². The average Bonchev–Trinajstić information content (AvgIpc) is 2.30. The van der Waals surface area contributed by atoms with Crippen LogP contribution in [-0.4, -0.2) is 28.7 Å². The standard InChI is InChI=1S/C13H20N2O3/c1-8(2)5-9(7-14)15-13(18)11-6-10(16)3-4-12(11)17/h3-4,6,8-9,16-17H,5,7,14H2,1-2H3,(H,15,18). The Morgan fingerprint density at radius 3 is 2.61 bits per heavy atom. The second kappa shape index (κ2) is 6.26. The normalized spacial score (nSPS) is 12.4. The summed E-state index contributed by atoms with van der Waals surface area (Å²) in [4.78, 5) is 11.9. The van der Waals surface area contributed by atoms with Crippen molar-refractivity contribution in [2.45, 2.75) is 26.3 Å². The van der Waals surface area contributed by atoms with Crippen molar-refractivity contribution in [1.82, 2.24) is 5.32 Å². The number of rotatable bonds is 5. The summed E-state index contributed by atoms with van der Waals surface area (Å²) in [7, 11) is 0. The monoisotopic (exact) mass is 252 g/mol. The first-order chi connectivity index (χ1) is 8.43. The van der Waals surface area contributed by atoms with Crippen LogP contribution in [0, 0.1) is 5.92 Å². The Labute approximate surface area is 107 Å². The summed E-state index contributed by atoms with van der Waals surface area (Å²) in [5.41, 5.74) is 5.64. The van der Waals surface area contributed by atoms with Gasteiger partial charge in [0.15, 0.2) is 0 Å². The Balaban J connectivity index is 2.77. The molecular weight excluding hydrogens is 232 g/mol. The Bertz CT molecular complexity index is 419. The second-order valence-electron chi connectivity index (χ2n) is 4.74. The number of hydrogen-bond donors (Lipinski definition) is 4. The van der Waals surface area contributed by atoms with E-state index in [0.717, 1.165) is 6.42 Å². The van der Waals surface area contributed by atoms with E-state index < -0.39 is 5.91 Å². The first-order valence-corrected chi connectivity index (χ1v) is 5.97. The van der Waals surface area contributed by atoms with Crippen LogP contribution < -0.4 is 11.1 Å². The molecule has 5 N–H and O–H groups in total. The zero-order valence-corrected chi connectivity index (χ0v) is 10.7. The minimum absolute atomic E-state index is 0.0530. The van der Waals surface area contributed by atoms with Gasteiger partial charge in [0.1, 0.15) is 11.5 Å². The quantitative estimate of drug-likeness (QED) is 0.592. The van der Waals surface area contributed by atoms with Gasteiger partial charge in [-0.3, -0.25) is 4.79 Å². The molecule has 0 heterocycles. The zero-order chi connectivity index (χ0) is 13.7. The molecule has 18 heavy (non-hydrogen) atoms. The number of carbonyl (C=O) groups excluding carboxylic acids is 1. The molecule has 0 aliphatic heterocycles. The molecule has 1 rings (SSSR count). The highest BCUT2D eigenvalue weighted by molar-refractivity contribution is 5.97. The SMILES string of the molecule is CC(C)CC(CN)NC(=O)c1cc(O)ccc1O. The molecule has 0 saturated carbocycles. The van der Waals surface area contributed by atoms with Gasteiger partial charge in [0, 0.05) is 12.6 Å². The van der Waals surface area contributed by atoms with Gasteiger partial charge in [-0.1, -0.05) is 13.8 Å². The van der Waals surface area contributed by atoms with Crippen LogP contribution in [0.5, 0.6) is 11.5 Å². The Hall–Kier alpha value is -1.75. The van der Waals surface area contributed by atoms with E-state index in [-0.39, 0.29) is 23.1 Å². The fourth-order valence-corrected chi connectivity index (χ4v) is 1.75. The number of carbonyl (C=O) groups is 1. The van der Waals surface area contributed by atoms with Crippen molar-refractivity contribution in [3.05, 3.63) is 23.8 Å². The van der Waals surface area contributed by atoms with E-state index >= 15 is 0 Å². The van der Waals surface area contributed by atoms with E-state index in [2.05, 4.69) is 5.32 Å². The molecule has 5 heteroatoms. The maximum atomic E-state index is 11.9.